The van der Waals surface area contributed by atoms with Crippen LogP contribution in [-0.2, 0) is 21.1 Å². The zero-order chi connectivity index (χ0) is 23.8. The molecule has 176 valence electrons. The quantitative estimate of drug-likeness (QED) is 0.600. The first-order valence-electron chi connectivity index (χ1n) is 11.2. The van der Waals surface area contributed by atoms with Crippen molar-refractivity contribution in [3.8, 4) is 11.5 Å². The van der Waals surface area contributed by atoms with Gasteiger partial charge in [-0.05, 0) is 55.5 Å². The molecular formula is C25H29NO6S. The van der Waals surface area contributed by atoms with Crippen LogP contribution in [0.4, 0.5) is 5.69 Å². The number of carbonyl (C=O) groups is 2. The Morgan fingerprint density at radius 3 is 2.58 bits per heavy atom. The molecule has 2 atom stereocenters. The normalized spacial score (nSPS) is 18.5. The van der Waals surface area contributed by atoms with Crippen LogP contribution < -0.4 is 14.8 Å². The summed E-state index contributed by atoms with van der Waals surface area (Å²) in [5, 5.41) is 2.91. The molecule has 1 unspecified atom stereocenters. The molecule has 33 heavy (non-hydrogen) atoms. The summed E-state index contributed by atoms with van der Waals surface area (Å²) in [6, 6.07) is 10.7. The van der Waals surface area contributed by atoms with Crippen LogP contribution >= 0.6 is 0 Å². The van der Waals surface area contributed by atoms with Crippen molar-refractivity contribution in [2.24, 2.45) is 11.8 Å². The number of benzene rings is 2. The van der Waals surface area contributed by atoms with Gasteiger partial charge in [0.05, 0.1) is 25.2 Å². The van der Waals surface area contributed by atoms with Crippen LogP contribution in [0.1, 0.15) is 47.2 Å². The second kappa shape index (κ2) is 9.17. The summed E-state index contributed by atoms with van der Waals surface area (Å²) >= 11 is 0. The largest absolute Gasteiger partial charge is 0.493 e. The van der Waals surface area contributed by atoms with Gasteiger partial charge in [0.1, 0.15) is 9.84 Å². The summed E-state index contributed by atoms with van der Waals surface area (Å²) in [6.07, 6.45) is 3.33. The number of fused-ring (bicyclic) bond motifs is 1. The molecule has 2 aliphatic rings. The Bertz CT molecular complexity index is 1190. The van der Waals surface area contributed by atoms with Gasteiger partial charge in [0.25, 0.3) is 0 Å². The van der Waals surface area contributed by atoms with Gasteiger partial charge in [-0.25, -0.2) is 8.42 Å². The Morgan fingerprint density at radius 1 is 1.18 bits per heavy atom. The summed E-state index contributed by atoms with van der Waals surface area (Å²) < 4.78 is 35.8. The van der Waals surface area contributed by atoms with Crippen LogP contribution in [-0.4, -0.2) is 45.8 Å². The van der Waals surface area contributed by atoms with E-state index in [1.54, 1.807) is 31.4 Å². The number of sulfone groups is 1. The van der Waals surface area contributed by atoms with Crippen molar-refractivity contribution in [2.75, 3.05) is 31.0 Å². The second-order valence-corrected chi connectivity index (χ2v) is 11.0. The highest BCUT2D eigenvalue weighted by Crippen LogP contribution is 2.42. The van der Waals surface area contributed by atoms with Crippen LogP contribution in [0, 0.1) is 11.8 Å². The molecule has 4 rings (SSSR count). The van der Waals surface area contributed by atoms with Gasteiger partial charge < -0.3 is 14.8 Å². The number of hydrogen-bond donors (Lipinski definition) is 1. The summed E-state index contributed by atoms with van der Waals surface area (Å²) in [5.41, 5.74) is 2.54. The number of carbonyl (C=O) groups excluding carboxylic acids is 2. The van der Waals surface area contributed by atoms with Crippen LogP contribution in [0.5, 0.6) is 11.5 Å². The molecule has 1 N–H and O–H groups in total. The molecule has 0 aromatic heterocycles. The first-order chi connectivity index (χ1) is 15.7. The summed E-state index contributed by atoms with van der Waals surface area (Å²) in [7, 11) is -1.84. The van der Waals surface area contributed by atoms with E-state index in [-0.39, 0.29) is 23.4 Å². The Balaban J connectivity index is 1.70. The minimum Gasteiger partial charge on any atom is -0.493 e. The van der Waals surface area contributed by atoms with Crippen molar-refractivity contribution in [3.63, 3.8) is 0 Å². The third-order valence-electron chi connectivity index (χ3n) is 6.26. The number of methoxy groups -OCH3 is 1. The fourth-order valence-electron chi connectivity index (χ4n) is 4.55. The Labute approximate surface area is 194 Å². The van der Waals surface area contributed by atoms with Gasteiger partial charge in [-0.1, -0.05) is 18.2 Å². The molecule has 0 aliphatic heterocycles. The minimum absolute atomic E-state index is 0.0161. The van der Waals surface area contributed by atoms with Crippen molar-refractivity contribution in [1.29, 1.82) is 0 Å². The molecule has 0 bridgehead atoms. The standard InChI is InChI=1S/C25H29NO6S/c1-4-32-22-13-16(10-11-21(22)31-2)19(14-33(3,29)30)18-12-17-6-5-7-20(23(17)24(18)27)26-25(28)15-8-9-15/h5-7,10-11,13,15,18-19H,4,8-9,12,14H2,1-3H3,(H,26,28)/t18?,19-/m1/s1. The van der Waals surface area contributed by atoms with E-state index in [4.69, 9.17) is 9.47 Å². The van der Waals surface area contributed by atoms with Crippen molar-refractivity contribution < 1.29 is 27.5 Å². The SMILES string of the molecule is CCOc1cc([C@@H](CS(C)(=O)=O)C2Cc3cccc(NC(=O)C4CC4)c3C2=O)ccc1OC. The number of Topliss-reactive ketones (excluding diaryl/α,β-unsaturated/α-hetero) is 1. The predicted octanol–water partition coefficient (Wildman–Crippen LogP) is 3.63. The smallest absolute Gasteiger partial charge is 0.227 e. The molecule has 2 aromatic rings. The van der Waals surface area contributed by atoms with Crippen LogP contribution in [0.2, 0.25) is 0 Å². The highest BCUT2D eigenvalue weighted by molar-refractivity contribution is 7.90. The highest BCUT2D eigenvalue weighted by atomic mass is 32.2. The molecule has 7 nitrogen and oxygen atoms in total. The molecule has 2 aliphatic carbocycles. The molecule has 2 aromatic carbocycles. The lowest BCUT2D eigenvalue weighted by molar-refractivity contribution is -0.117. The number of rotatable bonds is 9. The van der Waals surface area contributed by atoms with E-state index in [0.717, 1.165) is 18.4 Å². The zero-order valence-electron chi connectivity index (χ0n) is 19.1. The number of ether oxygens (including phenoxy) is 2. The molecule has 1 fully saturated rings. The van der Waals surface area contributed by atoms with Gasteiger partial charge in [0.15, 0.2) is 17.3 Å². The number of ketones is 1. The van der Waals surface area contributed by atoms with Gasteiger partial charge >= 0.3 is 0 Å². The monoisotopic (exact) mass is 471 g/mol. The van der Waals surface area contributed by atoms with Gasteiger partial charge in [-0.15, -0.1) is 0 Å². The molecule has 8 heteroatoms. The van der Waals surface area contributed by atoms with Crippen molar-refractivity contribution in [2.45, 2.75) is 32.1 Å². The Morgan fingerprint density at radius 2 is 1.94 bits per heavy atom. The summed E-state index contributed by atoms with van der Waals surface area (Å²) in [5.74, 6) is -0.417. The molecule has 0 heterocycles. The number of nitrogens with one attached hydrogen (secondary N) is 1. The molecule has 1 amide bonds. The average molecular weight is 472 g/mol. The molecule has 0 saturated heterocycles. The first kappa shape index (κ1) is 23.3. The van der Waals surface area contributed by atoms with E-state index in [9.17, 15) is 18.0 Å². The maximum Gasteiger partial charge on any atom is 0.227 e. The second-order valence-electron chi connectivity index (χ2n) is 8.82. The Hall–Kier alpha value is -2.87. The maximum absolute atomic E-state index is 13.6. The van der Waals surface area contributed by atoms with Crippen LogP contribution in [0.3, 0.4) is 0 Å². The van der Waals surface area contributed by atoms with Crippen LogP contribution in [0.15, 0.2) is 36.4 Å². The minimum atomic E-state index is -3.39. The van der Waals surface area contributed by atoms with E-state index in [1.807, 2.05) is 19.1 Å². The third-order valence-corrected chi connectivity index (χ3v) is 7.23. The molecule has 1 saturated carbocycles. The summed E-state index contributed by atoms with van der Waals surface area (Å²) in [4.78, 5) is 26.0. The Kier molecular flexibility index (Phi) is 6.47. The lowest BCUT2D eigenvalue weighted by Crippen LogP contribution is -2.26. The van der Waals surface area contributed by atoms with E-state index >= 15 is 0 Å². The fourth-order valence-corrected chi connectivity index (χ4v) is 5.63. The van der Waals surface area contributed by atoms with Gasteiger partial charge in [0, 0.05) is 29.6 Å². The van der Waals surface area contributed by atoms with E-state index in [0.29, 0.717) is 41.3 Å². The van der Waals surface area contributed by atoms with Crippen molar-refractivity contribution in [1.82, 2.24) is 0 Å². The fraction of sp³-hybridized carbons (Fsp3) is 0.440. The first-order valence-corrected chi connectivity index (χ1v) is 13.2. The zero-order valence-corrected chi connectivity index (χ0v) is 19.9. The molecule has 0 radical (unpaired) electrons. The van der Waals surface area contributed by atoms with E-state index in [2.05, 4.69) is 5.32 Å². The van der Waals surface area contributed by atoms with E-state index in [1.165, 1.54) is 6.26 Å². The molecule has 0 spiro atoms. The highest BCUT2D eigenvalue weighted by Gasteiger charge is 2.40. The average Bonchev–Trinajstić information content (AvgIpc) is 3.56. The van der Waals surface area contributed by atoms with Gasteiger partial charge in [-0.2, -0.15) is 0 Å². The number of amides is 1. The number of hydrogen-bond acceptors (Lipinski definition) is 6. The molecular weight excluding hydrogens is 442 g/mol. The van der Waals surface area contributed by atoms with Gasteiger partial charge in [-0.3, -0.25) is 9.59 Å². The lowest BCUT2D eigenvalue weighted by atomic mass is 9.84. The van der Waals surface area contributed by atoms with Crippen molar-refractivity contribution in [3.05, 3.63) is 53.1 Å². The third kappa shape index (κ3) is 5.05. The predicted molar refractivity (Wildman–Crippen MR) is 126 cm³/mol. The summed E-state index contributed by atoms with van der Waals surface area (Å²) in [6.45, 7) is 2.28. The van der Waals surface area contributed by atoms with Crippen LogP contribution in [0.25, 0.3) is 0 Å². The number of anilines is 1. The van der Waals surface area contributed by atoms with Crippen molar-refractivity contribution >= 4 is 27.2 Å². The lowest BCUT2D eigenvalue weighted by Gasteiger charge is -2.23. The van der Waals surface area contributed by atoms with E-state index < -0.39 is 21.7 Å². The maximum atomic E-state index is 13.6. The topological polar surface area (TPSA) is 98.8 Å². The van der Waals surface area contributed by atoms with Gasteiger partial charge in [0.2, 0.25) is 5.91 Å².